The molecule has 2 aromatic rings. The number of ether oxygens (including phenoxy) is 1. The van der Waals surface area contributed by atoms with E-state index in [1.807, 2.05) is 34.7 Å². The lowest BCUT2D eigenvalue weighted by Gasteiger charge is -2.13. The second-order valence-electron chi connectivity index (χ2n) is 4.75. The molecule has 24 heavy (non-hydrogen) atoms. The molecule has 0 spiro atoms. The molecule has 1 atom stereocenters. The van der Waals surface area contributed by atoms with E-state index in [0.29, 0.717) is 15.1 Å². The van der Waals surface area contributed by atoms with Crippen LogP contribution in [0.2, 0.25) is 0 Å². The van der Waals surface area contributed by atoms with Crippen molar-refractivity contribution in [1.29, 1.82) is 0 Å². The first kappa shape index (κ1) is 22.0. The largest absolute Gasteiger partial charge is 0.507 e. The summed E-state index contributed by atoms with van der Waals surface area (Å²) in [5.41, 5.74) is 6.43. The van der Waals surface area contributed by atoms with E-state index in [0.717, 1.165) is 12.7 Å². The van der Waals surface area contributed by atoms with Crippen LogP contribution in [0.5, 0.6) is 17.2 Å². The molecular formula is C15H13ClI3NO4. The highest BCUT2D eigenvalue weighted by atomic mass is 127. The van der Waals surface area contributed by atoms with Crippen molar-refractivity contribution >= 4 is 86.1 Å². The minimum atomic E-state index is -1.02. The summed E-state index contributed by atoms with van der Waals surface area (Å²) in [7, 11) is 0. The van der Waals surface area contributed by atoms with Gasteiger partial charge in [0.2, 0.25) is 0 Å². The molecule has 0 fully saturated rings. The van der Waals surface area contributed by atoms with E-state index in [1.165, 1.54) is 0 Å². The molecule has 0 saturated carbocycles. The molecule has 2 aromatic carbocycles. The van der Waals surface area contributed by atoms with Crippen molar-refractivity contribution in [2.24, 2.45) is 5.73 Å². The fourth-order valence-electron chi connectivity index (χ4n) is 1.84. The summed E-state index contributed by atoms with van der Waals surface area (Å²) >= 11 is 6.33. The molecule has 0 heterocycles. The molecule has 5 nitrogen and oxygen atoms in total. The summed E-state index contributed by atoms with van der Waals surface area (Å²) in [5, 5.41) is 18.5. The Morgan fingerprint density at radius 3 is 2.21 bits per heavy atom. The fraction of sp³-hybridized carbons (Fsp3) is 0.133. The summed E-state index contributed by atoms with van der Waals surface area (Å²) in [6, 6.07) is 7.83. The van der Waals surface area contributed by atoms with Gasteiger partial charge in [0.05, 0.1) is 10.7 Å². The maximum atomic E-state index is 10.9. The second-order valence-corrected chi connectivity index (χ2v) is 8.24. The molecule has 2 rings (SSSR count). The number of aromatic hydroxyl groups is 1. The minimum absolute atomic E-state index is 0. The van der Waals surface area contributed by atoms with Crippen molar-refractivity contribution in [3.63, 3.8) is 0 Å². The third-order valence-corrected chi connectivity index (χ3v) is 5.44. The van der Waals surface area contributed by atoms with E-state index < -0.39 is 12.0 Å². The van der Waals surface area contributed by atoms with Gasteiger partial charge in [-0.25, -0.2) is 0 Å². The molecule has 130 valence electrons. The zero-order chi connectivity index (χ0) is 17.1. The minimum Gasteiger partial charge on any atom is -0.507 e. The third kappa shape index (κ3) is 5.75. The van der Waals surface area contributed by atoms with Crippen LogP contribution >= 0.6 is 80.2 Å². The van der Waals surface area contributed by atoms with Gasteiger partial charge in [0, 0.05) is 0 Å². The number of rotatable bonds is 5. The predicted molar refractivity (Wildman–Crippen MR) is 119 cm³/mol. The molecule has 4 N–H and O–H groups in total. The number of halogens is 4. The van der Waals surface area contributed by atoms with Crippen LogP contribution in [0.25, 0.3) is 0 Å². The molecule has 0 radical (unpaired) electrons. The molecule has 0 saturated heterocycles. The van der Waals surface area contributed by atoms with Crippen LogP contribution in [-0.2, 0) is 11.2 Å². The third-order valence-electron chi connectivity index (χ3n) is 2.97. The number of aliphatic carboxylic acids is 1. The van der Waals surface area contributed by atoms with Gasteiger partial charge < -0.3 is 20.7 Å². The highest BCUT2D eigenvalue weighted by Gasteiger charge is 2.16. The number of nitrogens with two attached hydrogens (primary N) is 1. The summed E-state index contributed by atoms with van der Waals surface area (Å²) in [6.45, 7) is 0. The summed E-state index contributed by atoms with van der Waals surface area (Å²) < 4.78 is 8.34. The number of hydrogen-bond donors (Lipinski definition) is 3. The van der Waals surface area contributed by atoms with Gasteiger partial charge in [-0.15, -0.1) is 12.4 Å². The SMILES string of the molecule is Cl.NC(Cc1cc(I)c(Oc2ccc(O)c(I)c2)c(I)c1)C(=O)O. The normalized spacial score (nSPS) is 11.5. The van der Waals surface area contributed by atoms with Gasteiger partial charge >= 0.3 is 5.97 Å². The first-order valence-electron chi connectivity index (χ1n) is 6.40. The number of carboxylic acids is 1. The molecule has 0 aliphatic carbocycles. The Kier molecular flexibility index (Phi) is 8.79. The van der Waals surface area contributed by atoms with Crippen LogP contribution in [0.1, 0.15) is 5.56 Å². The van der Waals surface area contributed by atoms with Crippen LogP contribution in [0.3, 0.4) is 0 Å². The smallest absolute Gasteiger partial charge is 0.320 e. The van der Waals surface area contributed by atoms with Gasteiger partial charge in [0.15, 0.2) is 5.75 Å². The Morgan fingerprint density at radius 2 is 1.71 bits per heavy atom. The van der Waals surface area contributed by atoms with Gasteiger partial charge in [-0.05, 0) is 110 Å². The lowest BCUT2D eigenvalue weighted by Crippen LogP contribution is -2.32. The van der Waals surface area contributed by atoms with Gasteiger partial charge in [-0.1, -0.05) is 0 Å². The average molecular weight is 687 g/mol. The molecule has 9 heteroatoms. The first-order valence-corrected chi connectivity index (χ1v) is 9.64. The fourth-order valence-corrected chi connectivity index (χ4v) is 4.44. The Balaban J connectivity index is 0.00000288. The molecular weight excluding hydrogens is 674 g/mol. The van der Waals surface area contributed by atoms with E-state index in [9.17, 15) is 9.90 Å². The Bertz CT molecular complexity index is 734. The highest BCUT2D eigenvalue weighted by Crippen LogP contribution is 2.34. The van der Waals surface area contributed by atoms with Gasteiger partial charge in [-0.3, -0.25) is 4.79 Å². The highest BCUT2D eigenvalue weighted by molar-refractivity contribution is 14.1. The van der Waals surface area contributed by atoms with Crippen LogP contribution < -0.4 is 10.5 Å². The summed E-state index contributed by atoms with van der Waals surface area (Å²) in [4.78, 5) is 10.9. The summed E-state index contributed by atoms with van der Waals surface area (Å²) in [6.07, 6.45) is 0.263. The lowest BCUT2D eigenvalue weighted by atomic mass is 10.1. The average Bonchev–Trinajstić information content (AvgIpc) is 2.46. The van der Waals surface area contributed by atoms with Crippen molar-refractivity contribution in [3.8, 4) is 17.2 Å². The zero-order valence-corrected chi connectivity index (χ0v) is 19.3. The van der Waals surface area contributed by atoms with Crippen molar-refractivity contribution in [3.05, 3.63) is 46.6 Å². The van der Waals surface area contributed by atoms with E-state index in [4.69, 9.17) is 15.6 Å². The zero-order valence-electron chi connectivity index (χ0n) is 12.0. The number of carbonyl (C=O) groups is 1. The van der Waals surface area contributed by atoms with Crippen LogP contribution in [-0.4, -0.2) is 22.2 Å². The van der Waals surface area contributed by atoms with E-state index in [2.05, 4.69) is 45.2 Å². The molecule has 0 amide bonds. The van der Waals surface area contributed by atoms with E-state index in [-0.39, 0.29) is 24.6 Å². The maximum Gasteiger partial charge on any atom is 0.320 e. The molecule has 0 aliphatic heterocycles. The number of benzene rings is 2. The van der Waals surface area contributed by atoms with Crippen molar-refractivity contribution in [1.82, 2.24) is 0 Å². The standard InChI is InChI=1S/C15H12I3NO4.ClH/c16-9-6-8(1-2-13(9)20)23-14-10(17)3-7(4-11(14)18)5-12(19)15(21)22;/h1-4,6,12,20H,5,19H2,(H,21,22);1H. The van der Waals surface area contributed by atoms with Crippen LogP contribution in [0.15, 0.2) is 30.3 Å². The Hall–Kier alpha value is -0.0500. The molecule has 0 aromatic heterocycles. The van der Waals surface area contributed by atoms with E-state index in [1.54, 1.807) is 18.2 Å². The monoisotopic (exact) mass is 687 g/mol. The quantitative estimate of drug-likeness (QED) is 0.407. The van der Waals surface area contributed by atoms with Crippen LogP contribution in [0, 0.1) is 10.7 Å². The predicted octanol–water partition coefficient (Wildman–Crippen LogP) is 4.37. The number of hydrogen-bond acceptors (Lipinski definition) is 4. The van der Waals surface area contributed by atoms with E-state index >= 15 is 0 Å². The molecule has 0 aliphatic rings. The number of phenols is 1. The maximum absolute atomic E-state index is 10.9. The van der Waals surface area contributed by atoms with Gasteiger partial charge in [-0.2, -0.15) is 0 Å². The second kappa shape index (κ2) is 9.59. The van der Waals surface area contributed by atoms with Gasteiger partial charge in [0.1, 0.15) is 17.5 Å². The van der Waals surface area contributed by atoms with Crippen LogP contribution in [0.4, 0.5) is 0 Å². The topological polar surface area (TPSA) is 92.8 Å². The molecule has 1 unspecified atom stereocenters. The number of phenolic OH excluding ortho intramolecular Hbond substituents is 1. The Morgan fingerprint density at radius 1 is 1.12 bits per heavy atom. The van der Waals surface area contributed by atoms with Crippen molar-refractivity contribution in [2.45, 2.75) is 12.5 Å². The Labute approximate surface area is 186 Å². The summed E-state index contributed by atoms with van der Waals surface area (Å²) in [5.74, 6) is 0.507. The first-order chi connectivity index (χ1) is 10.8. The molecule has 0 bridgehead atoms. The van der Waals surface area contributed by atoms with Gasteiger partial charge in [0.25, 0.3) is 0 Å². The lowest BCUT2D eigenvalue weighted by molar-refractivity contribution is -0.138. The van der Waals surface area contributed by atoms with Crippen molar-refractivity contribution in [2.75, 3.05) is 0 Å². The number of carboxylic acid groups (broad SMARTS) is 1. The van der Waals surface area contributed by atoms with Crippen molar-refractivity contribution < 1.29 is 19.7 Å².